The van der Waals surface area contributed by atoms with Crippen LogP contribution >= 0.6 is 12.2 Å². The average Bonchev–Trinajstić information content (AvgIpc) is 2.72. The van der Waals surface area contributed by atoms with Crippen LogP contribution in [-0.4, -0.2) is 11.7 Å². The Morgan fingerprint density at radius 2 is 1.27 bits per heavy atom. The van der Waals surface area contributed by atoms with E-state index in [-0.39, 0.29) is 0 Å². The van der Waals surface area contributed by atoms with Crippen LogP contribution in [0.2, 0.25) is 0 Å². The lowest BCUT2D eigenvalue weighted by Gasteiger charge is -2.37. The van der Waals surface area contributed by atoms with Gasteiger partial charge in [0.2, 0.25) is 0 Å². The highest BCUT2D eigenvalue weighted by Gasteiger charge is 2.34. The van der Waals surface area contributed by atoms with E-state index in [2.05, 4.69) is 97.2 Å². The second-order valence-corrected chi connectivity index (χ2v) is 6.79. The molecule has 0 bridgehead atoms. The monoisotopic (exact) mass is 361 g/mol. The minimum absolute atomic E-state index is 0.618. The van der Waals surface area contributed by atoms with Gasteiger partial charge in [0.25, 0.3) is 5.11 Å². The summed E-state index contributed by atoms with van der Waals surface area (Å²) < 4.78 is 0.618. The maximum Gasteiger partial charge on any atom is 0.275 e. The van der Waals surface area contributed by atoms with Crippen LogP contribution in [0.15, 0.2) is 91.0 Å². The topological polar surface area (TPSA) is 12.0 Å². The van der Waals surface area contributed by atoms with Crippen molar-refractivity contribution in [3.8, 4) is 0 Å². The van der Waals surface area contributed by atoms with Crippen molar-refractivity contribution in [2.75, 3.05) is 6.54 Å². The van der Waals surface area contributed by atoms with Crippen molar-refractivity contribution in [2.45, 2.75) is 20.0 Å². The molecule has 3 aromatic rings. The molecule has 1 atom stereocenters. The van der Waals surface area contributed by atoms with Crippen molar-refractivity contribution >= 4 is 23.0 Å². The molecular formula is C23H25N2S+. The third-order valence-corrected chi connectivity index (χ3v) is 5.25. The fourth-order valence-corrected chi connectivity index (χ4v) is 3.62. The molecule has 0 aliphatic carbocycles. The fourth-order valence-electron chi connectivity index (χ4n) is 3.25. The Balaban J connectivity index is 1.90. The molecule has 3 rings (SSSR count). The van der Waals surface area contributed by atoms with Gasteiger partial charge in [-0.15, -0.1) is 0 Å². The van der Waals surface area contributed by atoms with Gasteiger partial charge in [0.15, 0.2) is 0 Å². The highest BCUT2D eigenvalue weighted by molar-refractivity contribution is 7.80. The van der Waals surface area contributed by atoms with Crippen molar-refractivity contribution in [3.63, 3.8) is 0 Å². The molecule has 0 spiro atoms. The SMILES string of the molecule is CC[N+](Cc1ccccc1)(C(=S)NCc1ccccc1)c1ccccc1. The van der Waals surface area contributed by atoms with Crippen LogP contribution in [0.1, 0.15) is 18.1 Å². The Labute approximate surface area is 161 Å². The number of nitrogens with one attached hydrogen (secondary N) is 1. The Morgan fingerprint density at radius 1 is 0.769 bits per heavy atom. The van der Waals surface area contributed by atoms with E-state index in [0.29, 0.717) is 4.48 Å². The zero-order valence-corrected chi connectivity index (χ0v) is 16.0. The van der Waals surface area contributed by atoms with Gasteiger partial charge in [-0.25, -0.2) is 4.48 Å². The molecule has 3 heteroatoms. The molecule has 26 heavy (non-hydrogen) atoms. The summed E-state index contributed by atoms with van der Waals surface area (Å²) in [7, 11) is 0. The molecule has 132 valence electrons. The smallest absolute Gasteiger partial charge is 0.275 e. The lowest BCUT2D eigenvalue weighted by molar-refractivity contribution is 0.415. The quantitative estimate of drug-likeness (QED) is 0.473. The normalized spacial score (nSPS) is 13.0. The van der Waals surface area contributed by atoms with Gasteiger partial charge >= 0.3 is 0 Å². The van der Waals surface area contributed by atoms with E-state index in [9.17, 15) is 0 Å². The van der Waals surface area contributed by atoms with Crippen molar-refractivity contribution in [1.29, 1.82) is 0 Å². The van der Waals surface area contributed by atoms with E-state index in [1.807, 2.05) is 6.07 Å². The molecule has 0 aliphatic heterocycles. The van der Waals surface area contributed by atoms with Gasteiger partial charge in [-0.05, 0) is 24.6 Å². The molecule has 0 radical (unpaired) electrons. The van der Waals surface area contributed by atoms with Crippen LogP contribution in [-0.2, 0) is 13.1 Å². The summed E-state index contributed by atoms with van der Waals surface area (Å²) >= 11 is 5.93. The summed E-state index contributed by atoms with van der Waals surface area (Å²) in [5.74, 6) is 0. The summed E-state index contributed by atoms with van der Waals surface area (Å²) in [5, 5.41) is 4.37. The Kier molecular flexibility index (Phi) is 6.16. The standard InChI is InChI=1S/C23H24N2S/c1-2-25(22-16-10-5-11-17-22,19-21-14-8-4-9-15-21)23(26)24-18-20-12-6-3-7-13-20/h3-17H,2,18-19H2,1H3/p+1. The van der Waals surface area contributed by atoms with E-state index in [4.69, 9.17) is 12.2 Å². The van der Waals surface area contributed by atoms with E-state index in [0.717, 1.165) is 24.7 Å². The molecule has 1 N–H and O–H groups in total. The lowest BCUT2D eigenvalue weighted by Crippen LogP contribution is -2.57. The first-order valence-electron chi connectivity index (χ1n) is 9.03. The fraction of sp³-hybridized carbons (Fsp3) is 0.174. The van der Waals surface area contributed by atoms with Gasteiger partial charge < -0.3 is 5.32 Å². The Morgan fingerprint density at radius 3 is 1.81 bits per heavy atom. The van der Waals surface area contributed by atoms with E-state index < -0.39 is 0 Å². The molecule has 1 unspecified atom stereocenters. The van der Waals surface area contributed by atoms with E-state index in [1.54, 1.807) is 0 Å². The molecule has 0 amide bonds. The van der Waals surface area contributed by atoms with Gasteiger partial charge in [-0.1, -0.05) is 78.9 Å². The summed E-state index contributed by atoms with van der Waals surface area (Å²) in [5.41, 5.74) is 3.73. The third-order valence-electron chi connectivity index (χ3n) is 4.76. The van der Waals surface area contributed by atoms with Gasteiger partial charge in [0.1, 0.15) is 12.2 Å². The highest BCUT2D eigenvalue weighted by Crippen LogP contribution is 2.27. The van der Waals surface area contributed by atoms with Crippen LogP contribution in [0.3, 0.4) is 0 Å². The zero-order chi connectivity index (χ0) is 18.2. The highest BCUT2D eigenvalue weighted by atomic mass is 32.1. The first-order valence-corrected chi connectivity index (χ1v) is 9.44. The molecule has 0 saturated carbocycles. The average molecular weight is 362 g/mol. The number of nitrogens with zero attached hydrogens (tertiary/aromatic N) is 1. The molecule has 3 aromatic carbocycles. The van der Waals surface area contributed by atoms with Crippen LogP contribution in [0.5, 0.6) is 0 Å². The van der Waals surface area contributed by atoms with E-state index in [1.165, 1.54) is 16.8 Å². The lowest BCUT2D eigenvalue weighted by atomic mass is 10.1. The van der Waals surface area contributed by atoms with Gasteiger partial charge in [-0.2, -0.15) is 0 Å². The molecule has 2 nitrogen and oxygen atoms in total. The molecule has 0 saturated heterocycles. The van der Waals surface area contributed by atoms with Gasteiger partial charge in [-0.3, -0.25) is 0 Å². The predicted molar refractivity (Wildman–Crippen MR) is 115 cm³/mol. The summed E-state index contributed by atoms with van der Waals surface area (Å²) in [6, 6.07) is 31.5. The number of para-hydroxylation sites is 1. The van der Waals surface area contributed by atoms with E-state index >= 15 is 0 Å². The second-order valence-electron chi connectivity index (χ2n) is 6.41. The van der Waals surface area contributed by atoms with Gasteiger partial charge in [0.05, 0.1) is 6.54 Å². The van der Waals surface area contributed by atoms with Crippen molar-refractivity contribution < 1.29 is 0 Å². The second kappa shape index (κ2) is 8.75. The number of benzene rings is 3. The van der Waals surface area contributed by atoms with Crippen LogP contribution < -0.4 is 9.80 Å². The minimum atomic E-state index is 0.618. The number of quaternary nitrogens is 1. The number of rotatable bonds is 6. The first-order chi connectivity index (χ1) is 12.7. The van der Waals surface area contributed by atoms with Crippen molar-refractivity contribution in [3.05, 3.63) is 102 Å². The number of thiocarbonyl (C=S) groups is 1. The van der Waals surface area contributed by atoms with Gasteiger partial charge in [0, 0.05) is 24.3 Å². The molecule has 0 heterocycles. The minimum Gasteiger partial charge on any atom is -0.327 e. The maximum absolute atomic E-state index is 5.93. The summed E-state index contributed by atoms with van der Waals surface area (Å²) in [4.78, 5) is 0. The maximum atomic E-state index is 5.93. The molecule has 0 fully saturated rings. The van der Waals surface area contributed by atoms with Crippen LogP contribution in [0, 0.1) is 0 Å². The number of hydrogen-bond donors (Lipinski definition) is 1. The van der Waals surface area contributed by atoms with Crippen LogP contribution in [0.4, 0.5) is 5.69 Å². The first kappa shape index (κ1) is 18.3. The third kappa shape index (κ3) is 4.18. The Bertz CT molecular complexity index is 819. The largest absolute Gasteiger partial charge is 0.327 e. The molecule has 0 aliphatic rings. The predicted octanol–water partition coefficient (Wildman–Crippen LogP) is 5.29. The molecule has 0 aromatic heterocycles. The van der Waals surface area contributed by atoms with Crippen LogP contribution in [0.25, 0.3) is 0 Å². The summed E-state index contributed by atoms with van der Waals surface area (Å²) in [6.45, 7) is 4.66. The van der Waals surface area contributed by atoms with Crippen molar-refractivity contribution in [2.24, 2.45) is 0 Å². The number of hydrogen-bond acceptors (Lipinski definition) is 1. The Hall–Kier alpha value is -2.49. The summed E-state index contributed by atoms with van der Waals surface area (Å²) in [6.07, 6.45) is 0. The zero-order valence-electron chi connectivity index (χ0n) is 15.1. The molecular weight excluding hydrogens is 336 g/mol. The van der Waals surface area contributed by atoms with Crippen molar-refractivity contribution in [1.82, 2.24) is 9.80 Å².